The van der Waals surface area contributed by atoms with E-state index in [4.69, 9.17) is 47.0 Å². The van der Waals surface area contributed by atoms with E-state index in [0.717, 1.165) is 18.4 Å². The van der Waals surface area contributed by atoms with Crippen LogP contribution in [0.4, 0.5) is 5.69 Å². The normalized spacial score (nSPS) is 15.1. The number of hydrogen-bond acceptors (Lipinski definition) is 4. The zero-order valence-corrected chi connectivity index (χ0v) is 20.3. The Balaban J connectivity index is 1.42. The smallest absolute Gasteiger partial charge is 0.266 e. The molecule has 0 bridgehead atoms. The van der Waals surface area contributed by atoms with Crippen molar-refractivity contribution < 1.29 is 9.59 Å². The van der Waals surface area contributed by atoms with E-state index >= 15 is 0 Å². The minimum Gasteiger partial charge on any atom is -0.325 e. The maximum absolute atomic E-state index is 12.6. The number of thioether (sulfide) groups is 1. The van der Waals surface area contributed by atoms with Crippen molar-refractivity contribution in [1.82, 2.24) is 4.90 Å². The van der Waals surface area contributed by atoms with Crippen LogP contribution in [0.25, 0.3) is 6.08 Å². The Morgan fingerprint density at radius 3 is 2.48 bits per heavy atom. The summed E-state index contributed by atoms with van der Waals surface area (Å²) in [5, 5.41) is 3.73. The molecule has 4 nitrogen and oxygen atoms in total. The number of benzene rings is 2. The molecule has 1 aliphatic heterocycles. The van der Waals surface area contributed by atoms with Gasteiger partial charge in [-0.05, 0) is 36.6 Å². The van der Waals surface area contributed by atoms with Gasteiger partial charge < -0.3 is 5.32 Å². The molecule has 2 aromatic rings. The van der Waals surface area contributed by atoms with Crippen molar-refractivity contribution in [3.05, 3.63) is 68.0 Å². The summed E-state index contributed by atoms with van der Waals surface area (Å²) in [7, 11) is 0. The highest BCUT2D eigenvalue weighted by Crippen LogP contribution is 2.33. The van der Waals surface area contributed by atoms with Gasteiger partial charge in [0, 0.05) is 13.0 Å². The molecule has 0 aliphatic carbocycles. The minimum absolute atomic E-state index is 0.0640. The second-order valence-corrected chi connectivity index (χ2v) is 9.75. The van der Waals surface area contributed by atoms with Crippen molar-refractivity contribution in [2.45, 2.75) is 25.7 Å². The lowest BCUT2D eigenvalue weighted by molar-refractivity contribution is -0.122. The zero-order chi connectivity index (χ0) is 22.4. The third kappa shape index (κ3) is 6.70. The molecule has 1 fully saturated rings. The number of carbonyl (C=O) groups is 2. The van der Waals surface area contributed by atoms with Gasteiger partial charge in [0.2, 0.25) is 5.91 Å². The number of thiocarbonyl (C=S) groups is 1. The topological polar surface area (TPSA) is 49.4 Å². The van der Waals surface area contributed by atoms with Crippen molar-refractivity contribution in [3.8, 4) is 0 Å². The second-order valence-electron chi connectivity index (χ2n) is 6.85. The number of halogens is 3. The van der Waals surface area contributed by atoms with E-state index in [9.17, 15) is 9.59 Å². The summed E-state index contributed by atoms with van der Waals surface area (Å²) in [4.78, 5) is 27.1. The summed E-state index contributed by atoms with van der Waals surface area (Å²) in [6, 6.07) is 12.7. The molecule has 3 rings (SSSR count). The molecular weight excluding hydrogens is 495 g/mol. The molecule has 0 atom stereocenters. The van der Waals surface area contributed by atoms with E-state index < -0.39 is 0 Å². The zero-order valence-electron chi connectivity index (χ0n) is 16.4. The predicted molar refractivity (Wildman–Crippen MR) is 135 cm³/mol. The van der Waals surface area contributed by atoms with Gasteiger partial charge in [0.05, 0.1) is 25.7 Å². The summed E-state index contributed by atoms with van der Waals surface area (Å²) in [5.41, 5.74) is 1.40. The molecule has 31 heavy (non-hydrogen) atoms. The Labute approximate surface area is 205 Å². The molecule has 9 heteroatoms. The van der Waals surface area contributed by atoms with Gasteiger partial charge >= 0.3 is 0 Å². The van der Waals surface area contributed by atoms with Crippen molar-refractivity contribution in [3.63, 3.8) is 0 Å². The predicted octanol–water partition coefficient (Wildman–Crippen LogP) is 7.05. The Morgan fingerprint density at radius 2 is 1.74 bits per heavy atom. The van der Waals surface area contributed by atoms with Gasteiger partial charge in [-0.3, -0.25) is 14.5 Å². The molecule has 1 heterocycles. The SMILES string of the molecule is O=C(CCCCCN1C(=O)C(=Cc2ccccc2)SC1=S)Nc1cc(Cl)c(Cl)cc1Cl. The van der Waals surface area contributed by atoms with E-state index in [1.165, 1.54) is 23.9 Å². The monoisotopic (exact) mass is 512 g/mol. The van der Waals surface area contributed by atoms with Gasteiger partial charge in [-0.15, -0.1) is 0 Å². The van der Waals surface area contributed by atoms with Gasteiger partial charge in [0.25, 0.3) is 5.91 Å². The Kier molecular flexibility index (Phi) is 8.81. The summed E-state index contributed by atoms with van der Waals surface area (Å²) in [6.45, 7) is 0.539. The Hall–Kier alpha value is -1.57. The quantitative estimate of drug-likeness (QED) is 0.178. The van der Waals surface area contributed by atoms with E-state index in [0.29, 0.717) is 49.4 Å². The summed E-state index contributed by atoms with van der Waals surface area (Å²) in [6.07, 6.45) is 4.42. The maximum atomic E-state index is 12.6. The molecule has 162 valence electrons. The largest absolute Gasteiger partial charge is 0.325 e. The molecular formula is C22H19Cl3N2O2S2. The van der Waals surface area contributed by atoms with Crippen molar-refractivity contribution in [1.29, 1.82) is 0 Å². The fourth-order valence-corrected chi connectivity index (χ4v) is 4.86. The molecule has 0 unspecified atom stereocenters. The standard InChI is InChI=1S/C22H19Cl3N2O2S2/c23-15-12-17(25)18(13-16(15)24)26-20(28)9-5-2-6-10-27-21(29)19(31-22(27)30)11-14-7-3-1-4-8-14/h1,3-4,7-8,11-13H,2,5-6,9-10H2,(H,26,28). The third-order valence-corrected chi connectivity index (χ3v) is 6.95. The fourth-order valence-electron chi connectivity index (χ4n) is 2.96. The summed E-state index contributed by atoms with van der Waals surface area (Å²) < 4.78 is 0.569. The number of amides is 2. The first-order valence-electron chi connectivity index (χ1n) is 9.60. The number of nitrogens with zero attached hydrogens (tertiary/aromatic N) is 1. The molecule has 1 aliphatic rings. The summed E-state index contributed by atoms with van der Waals surface area (Å²) >= 11 is 24.6. The van der Waals surface area contributed by atoms with Crippen LogP contribution >= 0.6 is 58.8 Å². The van der Waals surface area contributed by atoms with Crippen LogP contribution in [0.15, 0.2) is 47.4 Å². The number of rotatable bonds is 8. The van der Waals surface area contributed by atoms with Crippen LogP contribution < -0.4 is 5.32 Å². The van der Waals surface area contributed by atoms with Gasteiger partial charge in [-0.25, -0.2) is 0 Å². The first-order chi connectivity index (χ1) is 14.8. The molecule has 2 aromatic carbocycles. The lowest BCUT2D eigenvalue weighted by Gasteiger charge is -2.14. The lowest BCUT2D eigenvalue weighted by atomic mass is 10.1. The highest BCUT2D eigenvalue weighted by Gasteiger charge is 2.31. The van der Waals surface area contributed by atoms with E-state index in [-0.39, 0.29) is 11.8 Å². The molecule has 0 saturated carbocycles. The average molecular weight is 514 g/mol. The summed E-state index contributed by atoms with van der Waals surface area (Å²) in [5.74, 6) is -0.220. The van der Waals surface area contributed by atoms with Crippen LogP contribution in [0.1, 0.15) is 31.2 Å². The average Bonchev–Trinajstić information content (AvgIpc) is 2.99. The van der Waals surface area contributed by atoms with E-state index in [1.54, 1.807) is 4.90 Å². The third-order valence-electron chi connectivity index (χ3n) is 4.54. The van der Waals surface area contributed by atoms with Gasteiger partial charge in [0.1, 0.15) is 4.32 Å². The number of anilines is 1. The van der Waals surface area contributed by atoms with Crippen LogP contribution in [0.5, 0.6) is 0 Å². The first kappa shape index (κ1) is 24.1. The van der Waals surface area contributed by atoms with Crippen LogP contribution in [0.3, 0.4) is 0 Å². The highest BCUT2D eigenvalue weighted by molar-refractivity contribution is 8.26. The van der Waals surface area contributed by atoms with Crippen molar-refractivity contribution >= 4 is 86.7 Å². The van der Waals surface area contributed by atoms with E-state index in [2.05, 4.69) is 5.32 Å². The van der Waals surface area contributed by atoms with Gasteiger partial charge in [-0.2, -0.15) is 0 Å². The van der Waals surface area contributed by atoms with Crippen molar-refractivity contribution in [2.24, 2.45) is 0 Å². The maximum Gasteiger partial charge on any atom is 0.266 e. The molecule has 2 amide bonds. The minimum atomic E-state index is -0.156. The van der Waals surface area contributed by atoms with Crippen LogP contribution in [-0.2, 0) is 9.59 Å². The first-order valence-corrected chi connectivity index (χ1v) is 12.0. The second kappa shape index (κ2) is 11.3. The molecule has 1 saturated heterocycles. The number of hydrogen-bond donors (Lipinski definition) is 1. The number of carbonyl (C=O) groups excluding carboxylic acids is 2. The van der Waals surface area contributed by atoms with Crippen LogP contribution in [0.2, 0.25) is 15.1 Å². The lowest BCUT2D eigenvalue weighted by Crippen LogP contribution is -2.29. The van der Waals surface area contributed by atoms with Crippen molar-refractivity contribution in [2.75, 3.05) is 11.9 Å². The Bertz CT molecular complexity index is 1030. The fraction of sp³-hybridized carbons (Fsp3) is 0.227. The highest BCUT2D eigenvalue weighted by atomic mass is 35.5. The number of nitrogens with one attached hydrogen (secondary N) is 1. The van der Waals surface area contributed by atoms with Gasteiger partial charge in [0.15, 0.2) is 0 Å². The van der Waals surface area contributed by atoms with E-state index in [1.807, 2.05) is 36.4 Å². The van der Waals surface area contributed by atoms with Gasteiger partial charge in [-0.1, -0.05) is 95.5 Å². The molecule has 0 aromatic heterocycles. The molecule has 0 radical (unpaired) electrons. The molecule has 1 N–H and O–H groups in total. The van der Waals surface area contributed by atoms with Crippen LogP contribution in [0, 0.1) is 0 Å². The Morgan fingerprint density at radius 1 is 1.03 bits per heavy atom. The van der Waals surface area contributed by atoms with Crippen LogP contribution in [-0.4, -0.2) is 27.6 Å². The molecule has 0 spiro atoms. The number of unbranched alkanes of at least 4 members (excludes halogenated alkanes) is 2.